The SMILES string of the molecule is CC(C)C1CCN(c2ncc(NC3CCC(N)CC3)cn2)CC1. The summed E-state index contributed by atoms with van der Waals surface area (Å²) in [5, 5.41) is 3.55. The Morgan fingerprint density at radius 2 is 1.65 bits per heavy atom. The Kier molecular flexibility index (Phi) is 5.36. The van der Waals surface area contributed by atoms with Gasteiger partial charge in [0, 0.05) is 25.2 Å². The van der Waals surface area contributed by atoms with Crippen LogP contribution in [-0.2, 0) is 0 Å². The van der Waals surface area contributed by atoms with Gasteiger partial charge in [0.1, 0.15) is 0 Å². The van der Waals surface area contributed by atoms with Gasteiger partial charge in [-0.05, 0) is 50.4 Å². The fraction of sp³-hybridized carbons (Fsp3) is 0.778. The van der Waals surface area contributed by atoms with Crippen LogP contribution in [0.15, 0.2) is 12.4 Å². The minimum absolute atomic E-state index is 0.389. The number of piperidine rings is 1. The Bertz CT molecular complexity index is 471. The molecule has 1 aliphatic heterocycles. The monoisotopic (exact) mass is 317 g/mol. The zero-order valence-corrected chi connectivity index (χ0v) is 14.5. The highest BCUT2D eigenvalue weighted by Gasteiger charge is 2.23. The molecule has 3 rings (SSSR count). The lowest BCUT2D eigenvalue weighted by molar-refractivity contribution is 0.310. The van der Waals surface area contributed by atoms with E-state index in [4.69, 9.17) is 5.73 Å². The van der Waals surface area contributed by atoms with Crippen LogP contribution in [0.5, 0.6) is 0 Å². The van der Waals surface area contributed by atoms with Gasteiger partial charge in [-0.15, -0.1) is 0 Å². The van der Waals surface area contributed by atoms with E-state index >= 15 is 0 Å². The quantitative estimate of drug-likeness (QED) is 0.893. The lowest BCUT2D eigenvalue weighted by atomic mass is 9.87. The number of rotatable bonds is 4. The van der Waals surface area contributed by atoms with Crippen molar-refractivity contribution in [1.29, 1.82) is 0 Å². The number of nitrogens with zero attached hydrogens (tertiary/aromatic N) is 3. The summed E-state index contributed by atoms with van der Waals surface area (Å²) < 4.78 is 0. The van der Waals surface area contributed by atoms with Crippen molar-refractivity contribution in [2.75, 3.05) is 23.3 Å². The zero-order valence-electron chi connectivity index (χ0n) is 14.5. The molecule has 1 aromatic heterocycles. The molecule has 1 aliphatic carbocycles. The van der Waals surface area contributed by atoms with E-state index in [2.05, 4.69) is 34.0 Å². The molecule has 3 N–H and O–H groups in total. The Labute approximate surface area is 140 Å². The molecule has 0 atom stereocenters. The first-order valence-electron chi connectivity index (χ1n) is 9.21. The summed E-state index contributed by atoms with van der Waals surface area (Å²) in [4.78, 5) is 11.5. The lowest BCUT2D eigenvalue weighted by Gasteiger charge is -2.34. The Hall–Kier alpha value is -1.36. The van der Waals surface area contributed by atoms with Gasteiger partial charge in [-0.1, -0.05) is 13.8 Å². The average Bonchev–Trinajstić information content (AvgIpc) is 2.58. The van der Waals surface area contributed by atoms with Crippen molar-refractivity contribution >= 4 is 11.6 Å². The molecule has 0 amide bonds. The molecule has 5 heteroatoms. The molecule has 2 aliphatic rings. The van der Waals surface area contributed by atoms with E-state index in [-0.39, 0.29) is 0 Å². The second-order valence-electron chi connectivity index (χ2n) is 7.60. The normalized spacial score (nSPS) is 26.5. The number of anilines is 2. The number of nitrogens with one attached hydrogen (secondary N) is 1. The topological polar surface area (TPSA) is 67.1 Å². The Morgan fingerprint density at radius 3 is 2.22 bits per heavy atom. The maximum absolute atomic E-state index is 5.96. The van der Waals surface area contributed by atoms with Gasteiger partial charge in [0.15, 0.2) is 0 Å². The van der Waals surface area contributed by atoms with E-state index < -0.39 is 0 Å². The highest BCUT2D eigenvalue weighted by Crippen LogP contribution is 2.26. The maximum Gasteiger partial charge on any atom is 0.225 e. The average molecular weight is 317 g/mol. The van der Waals surface area contributed by atoms with Crippen LogP contribution in [0.1, 0.15) is 52.4 Å². The van der Waals surface area contributed by atoms with Crippen LogP contribution in [0.25, 0.3) is 0 Å². The third-order valence-corrected chi connectivity index (χ3v) is 5.55. The summed E-state index contributed by atoms with van der Waals surface area (Å²) in [6.07, 6.45) is 10.9. The van der Waals surface area contributed by atoms with Gasteiger partial charge in [0.25, 0.3) is 0 Å². The van der Waals surface area contributed by atoms with E-state index in [1.807, 2.05) is 12.4 Å². The van der Waals surface area contributed by atoms with Gasteiger partial charge in [-0.3, -0.25) is 0 Å². The molecule has 2 fully saturated rings. The second kappa shape index (κ2) is 7.47. The van der Waals surface area contributed by atoms with E-state index in [0.717, 1.165) is 62.2 Å². The van der Waals surface area contributed by atoms with Crippen LogP contribution in [-0.4, -0.2) is 35.1 Å². The Morgan fingerprint density at radius 1 is 1.04 bits per heavy atom. The minimum Gasteiger partial charge on any atom is -0.380 e. The fourth-order valence-electron chi connectivity index (χ4n) is 3.82. The maximum atomic E-state index is 5.96. The van der Waals surface area contributed by atoms with Gasteiger partial charge < -0.3 is 16.0 Å². The molecule has 2 heterocycles. The highest BCUT2D eigenvalue weighted by molar-refractivity contribution is 5.43. The van der Waals surface area contributed by atoms with Gasteiger partial charge in [-0.2, -0.15) is 0 Å². The van der Waals surface area contributed by atoms with Crippen LogP contribution in [0.2, 0.25) is 0 Å². The molecule has 0 radical (unpaired) electrons. The predicted octanol–water partition coefficient (Wildman–Crippen LogP) is 3.03. The van der Waals surface area contributed by atoms with Gasteiger partial charge in [0.2, 0.25) is 5.95 Å². The molecular formula is C18H31N5. The highest BCUT2D eigenvalue weighted by atomic mass is 15.3. The van der Waals surface area contributed by atoms with E-state index in [0.29, 0.717) is 12.1 Å². The fourth-order valence-corrected chi connectivity index (χ4v) is 3.82. The lowest BCUT2D eigenvalue weighted by Crippen LogP contribution is -2.36. The van der Waals surface area contributed by atoms with Crippen LogP contribution in [0, 0.1) is 11.8 Å². The summed E-state index contributed by atoms with van der Waals surface area (Å²) in [5.74, 6) is 2.52. The number of aromatic nitrogens is 2. The van der Waals surface area contributed by atoms with Crippen LogP contribution >= 0.6 is 0 Å². The molecule has 0 aromatic carbocycles. The summed E-state index contributed by atoms with van der Waals surface area (Å²) in [6.45, 7) is 6.82. The molecule has 128 valence electrons. The van der Waals surface area contributed by atoms with Crippen LogP contribution in [0.4, 0.5) is 11.6 Å². The van der Waals surface area contributed by atoms with Crippen molar-refractivity contribution in [2.24, 2.45) is 17.6 Å². The van der Waals surface area contributed by atoms with Gasteiger partial charge >= 0.3 is 0 Å². The zero-order chi connectivity index (χ0) is 16.2. The molecule has 5 nitrogen and oxygen atoms in total. The second-order valence-corrected chi connectivity index (χ2v) is 7.60. The summed E-state index contributed by atoms with van der Waals surface area (Å²) in [5.41, 5.74) is 7.00. The largest absolute Gasteiger partial charge is 0.380 e. The minimum atomic E-state index is 0.389. The first-order chi connectivity index (χ1) is 11.1. The van der Waals surface area contributed by atoms with Crippen molar-refractivity contribution in [2.45, 2.75) is 64.5 Å². The summed E-state index contributed by atoms with van der Waals surface area (Å²) in [6, 6.07) is 0.909. The number of hydrogen-bond donors (Lipinski definition) is 2. The summed E-state index contributed by atoms with van der Waals surface area (Å²) in [7, 11) is 0. The van der Waals surface area contributed by atoms with Gasteiger partial charge in [-0.25, -0.2) is 9.97 Å². The molecule has 1 saturated heterocycles. The molecule has 0 unspecified atom stereocenters. The molecule has 1 saturated carbocycles. The van der Waals surface area contributed by atoms with Crippen molar-refractivity contribution < 1.29 is 0 Å². The van der Waals surface area contributed by atoms with Crippen LogP contribution < -0.4 is 16.0 Å². The van der Waals surface area contributed by atoms with Crippen molar-refractivity contribution in [3.63, 3.8) is 0 Å². The molecule has 23 heavy (non-hydrogen) atoms. The van der Waals surface area contributed by atoms with Crippen molar-refractivity contribution in [1.82, 2.24) is 9.97 Å². The first kappa shape index (κ1) is 16.5. The van der Waals surface area contributed by atoms with E-state index in [1.165, 1.54) is 12.8 Å². The van der Waals surface area contributed by atoms with Gasteiger partial charge in [0.05, 0.1) is 18.1 Å². The number of nitrogens with two attached hydrogens (primary N) is 1. The molecular weight excluding hydrogens is 286 g/mol. The van der Waals surface area contributed by atoms with E-state index in [1.54, 1.807) is 0 Å². The third-order valence-electron chi connectivity index (χ3n) is 5.55. The van der Waals surface area contributed by atoms with Crippen molar-refractivity contribution in [3.05, 3.63) is 12.4 Å². The number of hydrogen-bond acceptors (Lipinski definition) is 5. The standard InChI is InChI=1S/C18H31N5/c1-13(2)14-7-9-23(10-8-14)18-20-11-17(12-21-18)22-16-5-3-15(19)4-6-16/h11-16,22H,3-10,19H2,1-2H3. The first-order valence-corrected chi connectivity index (χ1v) is 9.21. The predicted molar refractivity (Wildman–Crippen MR) is 95.7 cm³/mol. The molecule has 0 spiro atoms. The smallest absolute Gasteiger partial charge is 0.225 e. The van der Waals surface area contributed by atoms with E-state index in [9.17, 15) is 0 Å². The molecule has 0 bridgehead atoms. The molecule has 1 aromatic rings. The van der Waals surface area contributed by atoms with Crippen molar-refractivity contribution in [3.8, 4) is 0 Å². The summed E-state index contributed by atoms with van der Waals surface area (Å²) >= 11 is 0. The third kappa shape index (κ3) is 4.34. The van der Waals surface area contributed by atoms with Crippen LogP contribution in [0.3, 0.4) is 0 Å². The Balaban J connectivity index is 1.51.